The van der Waals surface area contributed by atoms with Crippen molar-refractivity contribution >= 4 is 46.1 Å². The van der Waals surface area contributed by atoms with Crippen LogP contribution in [0.15, 0.2) is 53.2 Å². The highest BCUT2D eigenvalue weighted by Gasteiger charge is 2.33. The summed E-state index contributed by atoms with van der Waals surface area (Å²) in [6, 6.07) is 13.6. The van der Waals surface area contributed by atoms with Gasteiger partial charge in [-0.05, 0) is 59.0 Å². The van der Waals surface area contributed by atoms with Crippen LogP contribution in [-0.2, 0) is 22.4 Å². The molecule has 0 aliphatic carbocycles. The Morgan fingerprint density at radius 2 is 1.94 bits per heavy atom. The molecule has 0 spiro atoms. The Morgan fingerprint density at radius 3 is 2.65 bits per heavy atom. The topological polar surface area (TPSA) is 40.6 Å². The first-order chi connectivity index (χ1) is 15.1. The summed E-state index contributed by atoms with van der Waals surface area (Å²) in [6.45, 7) is 3.38. The number of nitrogens with zero attached hydrogens (tertiary/aromatic N) is 2. The first-order valence-corrected chi connectivity index (χ1v) is 12.6. The van der Waals surface area contributed by atoms with Gasteiger partial charge in [-0.2, -0.15) is 0 Å². The van der Waals surface area contributed by atoms with Crippen molar-refractivity contribution < 1.29 is 9.59 Å². The van der Waals surface area contributed by atoms with Gasteiger partial charge < -0.3 is 9.80 Å². The van der Waals surface area contributed by atoms with Gasteiger partial charge >= 0.3 is 0 Å². The van der Waals surface area contributed by atoms with E-state index in [2.05, 4.69) is 11.4 Å². The van der Waals surface area contributed by atoms with Crippen LogP contribution in [0.2, 0.25) is 5.02 Å². The lowest BCUT2D eigenvalue weighted by atomic mass is 9.93. The zero-order chi connectivity index (χ0) is 21.8. The lowest BCUT2D eigenvalue weighted by molar-refractivity contribution is -0.141. The molecule has 3 aromatic rings. The summed E-state index contributed by atoms with van der Waals surface area (Å²) < 4.78 is 0. The van der Waals surface area contributed by atoms with Gasteiger partial charge in [0.25, 0.3) is 0 Å². The third-order valence-electron chi connectivity index (χ3n) is 5.55. The molecule has 2 amide bonds. The lowest BCUT2D eigenvalue weighted by Crippen LogP contribution is -2.47. The average molecular weight is 473 g/mol. The molecule has 31 heavy (non-hydrogen) atoms. The summed E-state index contributed by atoms with van der Waals surface area (Å²) in [4.78, 5) is 32.4. The molecule has 4 nitrogen and oxygen atoms in total. The molecule has 0 saturated heterocycles. The second-order valence-corrected chi connectivity index (χ2v) is 10.1. The molecular weight excluding hydrogens is 448 g/mol. The molecule has 0 bridgehead atoms. The number of hydrogen-bond acceptors (Lipinski definition) is 4. The van der Waals surface area contributed by atoms with Crippen LogP contribution in [-0.4, -0.2) is 41.2 Å². The molecule has 1 aliphatic rings. The Kier molecular flexibility index (Phi) is 7.10. The van der Waals surface area contributed by atoms with E-state index in [4.69, 9.17) is 11.6 Å². The maximum Gasteiger partial charge on any atom is 0.242 e. The van der Waals surface area contributed by atoms with Crippen molar-refractivity contribution in [2.45, 2.75) is 32.2 Å². The predicted octanol–water partition coefficient (Wildman–Crippen LogP) is 5.42. The van der Waals surface area contributed by atoms with Crippen molar-refractivity contribution in [3.05, 3.63) is 79.1 Å². The smallest absolute Gasteiger partial charge is 0.242 e. The average Bonchev–Trinajstić information content (AvgIpc) is 3.45. The number of hydrogen-bond donors (Lipinski definition) is 0. The predicted molar refractivity (Wildman–Crippen MR) is 128 cm³/mol. The molecule has 1 atom stereocenters. The maximum atomic E-state index is 13.5. The summed E-state index contributed by atoms with van der Waals surface area (Å²) in [7, 11) is 0. The van der Waals surface area contributed by atoms with Crippen LogP contribution in [0, 0.1) is 0 Å². The van der Waals surface area contributed by atoms with Crippen LogP contribution < -0.4 is 0 Å². The van der Waals surface area contributed by atoms with Gasteiger partial charge in [-0.1, -0.05) is 36.7 Å². The van der Waals surface area contributed by atoms with Gasteiger partial charge in [0.05, 0.1) is 19.0 Å². The monoisotopic (exact) mass is 472 g/mol. The number of carbonyl (C=O) groups excluding carboxylic acids is 2. The zero-order valence-corrected chi connectivity index (χ0v) is 19.8. The Labute approximate surface area is 196 Å². The largest absolute Gasteiger partial charge is 0.333 e. The molecule has 1 aliphatic heterocycles. The summed E-state index contributed by atoms with van der Waals surface area (Å²) in [5.74, 6) is -0.00120. The van der Waals surface area contributed by atoms with E-state index < -0.39 is 0 Å². The normalized spacial score (nSPS) is 15.5. The van der Waals surface area contributed by atoms with Crippen molar-refractivity contribution in [1.29, 1.82) is 0 Å². The summed E-state index contributed by atoms with van der Waals surface area (Å²) >= 11 is 9.42. The highest BCUT2D eigenvalue weighted by atomic mass is 35.5. The fourth-order valence-electron chi connectivity index (χ4n) is 4.08. The van der Waals surface area contributed by atoms with Gasteiger partial charge in [0.2, 0.25) is 11.8 Å². The molecule has 0 N–H and O–H groups in total. The van der Waals surface area contributed by atoms with E-state index >= 15 is 0 Å². The molecule has 1 aromatic carbocycles. The van der Waals surface area contributed by atoms with E-state index in [1.54, 1.807) is 27.6 Å². The van der Waals surface area contributed by atoms with Crippen LogP contribution in [0.4, 0.5) is 0 Å². The number of rotatable bonds is 7. The highest BCUT2D eigenvalue weighted by molar-refractivity contribution is 7.10. The number of amides is 2. The molecule has 4 rings (SSSR count). The molecule has 162 valence electrons. The minimum Gasteiger partial charge on any atom is -0.333 e. The molecule has 0 fully saturated rings. The Hall–Kier alpha value is -2.15. The zero-order valence-electron chi connectivity index (χ0n) is 17.4. The van der Waals surface area contributed by atoms with Gasteiger partial charge in [-0.25, -0.2) is 0 Å². The fraction of sp³-hybridized carbons (Fsp3) is 0.333. The third kappa shape index (κ3) is 5.03. The second kappa shape index (κ2) is 9.98. The van der Waals surface area contributed by atoms with Crippen LogP contribution in [0.3, 0.4) is 0 Å². The lowest BCUT2D eigenvalue weighted by Gasteiger charge is -2.37. The second-order valence-electron chi connectivity index (χ2n) is 7.66. The summed E-state index contributed by atoms with van der Waals surface area (Å²) in [5.41, 5.74) is 2.22. The van der Waals surface area contributed by atoms with Gasteiger partial charge in [0.1, 0.15) is 0 Å². The Balaban J connectivity index is 1.56. The fourth-order valence-corrected chi connectivity index (χ4v) is 5.81. The molecule has 7 heteroatoms. The van der Waals surface area contributed by atoms with E-state index in [1.807, 2.05) is 53.6 Å². The molecule has 2 aromatic heterocycles. The van der Waals surface area contributed by atoms with Gasteiger partial charge in [0, 0.05) is 27.9 Å². The number of benzene rings is 1. The standard InChI is InChI=1S/C24H25ClN2O2S2/c1-2-11-26(22(28)15-19-4-3-13-30-19)16-23(29)27-12-9-21-20(10-14-31-21)24(27)17-5-7-18(25)8-6-17/h3-8,10,13-14,24H,2,9,11-12,15-16H2,1H3. The van der Waals surface area contributed by atoms with Crippen LogP contribution in [0.5, 0.6) is 0 Å². The van der Waals surface area contributed by atoms with Gasteiger partial charge in [-0.3, -0.25) is 9.59 Å². The number of carbonyl (C=O) groups is 2. The number of halogens is 1. The van der Waals surface area contributed by atoms with Crippen molar-refractivity contribution in [3.63, 3.8) is 0 Å². The van der Waals surface area contributed by atoms with Crippen LogP contribution in [0.25, 0.3) is 0 Å². The van der Waals surface area contributed by atoms with E-state index in [0.717, 1.165) is 23.3 Å². The van der Waals surface area contributed by atoms with E-state index in [9.17, 15) is 9.59 Å². The number of fused-ring (bicyclic) bond motifs is 1. The molecule has 3 heterocycles. The van der Waals surface area contributed by atoms with Crippen LogP contribution in [0.1, 0.15) is 40.3 Å². The Bertz CT molecular complexity index is 1030. The van der Waals surface area contributed by atoms with Crippen molar-refractivity contribution in [2.75, 3.05) is 19.6 Å². The number of thiophene rings is 2. The van der Waals surface area contributed by atoms with Crippen LogP contribution >= 0.6 is 34.3 Å². The highest BCUT2D eigenvalue weighted by Crippen LogP contribution is 2.38. The summed E-state index contributed by atoms with van der Waals surface area (Å²) in [5, 5.41) is 4.74. The quantitative estimate of drug-likeness (QED) is 0.460. The first kappa shape index (κ1) is 22.1. The maximum absolute atomic E-state index is 13.5. The molecular formula is C24H25ClN2O2S2. The van der Waals surface area contributed by atoms with Crippen molar-refractivity contribution in [2.24, 2.45) is 0 Å². The SMILES string of the molecule is CCCN(CC(=O)N1CCc2sccc2C1c1ccc(Cl)cc1)C(=O)Cc1cccs1. The van der Waals surface area contributed by atoms with Gasteiger partial charge in [-0.15, -0.1) is 22.7 Å². The minimum absolute atomic E-state index is 0.00826. The third-order valence-corrected chi connectivity index (χ3v) is 7.67. The van der Waals surface area contributed by atoms with E-state index in [-0.39, 0.29) is 24.4 Å². The molecule has 1 unspecified atom stereocenters. The molecule has 0 radical (unpaired) electrons. The van der Waals surface area contributed by atoms with Gasteiger partial charge in [0.15, 0.2) is 0 Å². The molecule has 0 saturated carbocycles. The first-order valence-electron chi connectivity index (χ1n) is 10.5. The summed E-state index contributed by atoms with van der Waals surface area (Å²) in [6.07, 6.45) is 2.01. The van der Waals surface area contributed by atoms with E-state index in [0.29, 0.717) is 24.5 Å². The Morgan fingerprint density at radius 1 is 1.13 bits per heavy atom. The van der Waals surface area contributed by atoms with Crippen molar-refractivity contribution in [1.82, 2.24) is 9.80 Å². The minimum atomic E-state index is -0.143. The van der Waals surface area contributed by atoms with Crippen molar-refractivity contribution in [3.8, 4) is 0 Å². The van der Waals surface area contributed by atoms with E-state index in [1.165, 1.54) is 10.4 Å².